The van der Waals surface area contributed by atoms with Gasteiger partial charge in [-0.05, 0) is 32.6 Å². The predicted molar refractivity (Wildman–Crippen MR) is 217 cm³/mol. The first-order valence-electron chi connectivity index (χ1n) is 21.9. The van der Waals surface area contributed by atoms with Crippen molar-refractivity contribution >= 4 is 6.41 Å². The molecule has 0 bridgehead atoms. The summed E-state index contributed by atoms with van der Waals surface area (Å²) in [6.45, 7) is 19.0. The fraction of sp³-hybridized carbons (Fsp3) is 0.636. The molecule has 0 spiro atoms. The summed E-state index contributed by atoms with van der Waals surface area (Å²) in [6, 6.07) is 0.865. The fourth-order valence-corrected chi connectivity index (χ4v) is 7.98. The predicted octanol–water partition coefficient (Wildman–Crippen LogP) is -9.67. The minimum atomic E-state index is 0. The van der Waals surface area contributed by atoms with Gasteiger partial charge in [0, 0.05) is 25.8 Å². The van der Waals surface area contributed by atoms with Crippen molar-refractivity contribution in [3.05, 3.63) is 93.6 Å². The zero-order valence-corrected chi connectivity index (χ0v) is 41.0. The van der Waals surface area contributed by atoms with E-state index >= 15 is 0 Å². The van der Waals surface area contributed by atoms with Gasteiger partial charge >= 0.3 is 0 Å². The molecule has 5 aromatic rings. The van der Waals surface area contributed by atoms with Crippen LogP contribution in [0.3, 0.4) is 0 Å². The first kappa shape index (κ1) is 58.0. The van der Waals surface area contributed by atoms with Crippen molar-refractivity contribution in [1.29, 1.82) is 0 Å². The van der Waals surface area contributed by atoms with Crippen LogP contribution in [0.15, 0.2) is 93.6 Å². The number of nitrogens with one attached hydrogen (secondary N) is 1. The van der Waals surface area contributed by atoms with Gasteiger partial charge in [-0.25, -0.2) is 45.7 Å². The number of halogens is 5. The van der Waals surface area contributed by atoms with Crippen LogP contribution in [0.5, 0.6) is 0 Å². The highest BCUT2D eigenvalue weighted by atomic mass is 35.5. The normalized spacial score (nSPS) is 12.7. The summed E-state index contributed by atoms with van der Waals surface area (Å²) in [5, 5.41) is 2.81. The van der Waals surface area contributed by atoms with Crippen molar-refractivity contribution in [1.82, 2.24) is 28.2 Å². The molecule has 17 heteroatoms. The van der Waals surface area contributed by atoms with Crippen molar-refractivity contribution in [2.75, 3.05) is 6.54 Å². The molecule has 346 valence electrons. The highest BCUT2D eigenvalue weighted by Gasteiger charge is 2.37. The highest BCUT2D eigenvalue weighted by molar-refractivity contribution is 5.45. The average Bonchev–Trinajstić information content (AvgIpc) is 4.06. The zero-order chi connectivity index (χ0) is 39.5. The molecule has 0 fully saturated rings. The molecule has 61 heavy (non-hydrogen) atoms. The largest absolute Gasteiger partial charge is 1.00 e. The summed E-state index contributed by atoms with van der Waals surface area (Å²) < 4.78 is 24.0. The zero-order valence-electron chi connectivity index (χ0n) is 37.3. The number of amides is 1. The van der Waals surface area contributed by atoms with Crippen molar-refractivity contribution in [2.24, 2.45) is 5.92 Å². The molecule has 4 unspecified atom stereocenters. The maximum Gasteiger partial charge on any atom is 0.243 e. The summed E-state index contributed by atoms with van der Waals surface area (Å²) in [5.74, 6) is 0.301. The van der Waals surface area contributed by atoms with Gasteiger partial charge in [0.2, 0.25) is 38.0 Å². The second kappa shape index (κ2) is 31.8. The molecule has 0 saturated heterocycles. The number of imidazole rings is 5. The first-order valence-corrected chi connectivity index (χ1v) is 21.9. The number of hydrogen-bond acceptors (Lipinski definition) is 1. The molecule has 4 atom stereocenters. The Hall–Kier alpha value is -3.03. The van der Waals surface area contributed by atoms with Gasteiger partial charge in [-0.2, -0.15) is 0 Å². The van der Waals surface area contributed by atoms with Gasteiger partial charge in [0.25, 0.3) is 0 Å². The molecule has 0 aromatic carbocycles. The molecule has 5 heterocycles. The number of aromatic nitrogens is 10. The van der Waals surface area contributed by atoms with E-state index in [1.165, 1.54) is 51.4 Å². The molecule has 0 saturated carbocycles. The number of carbonyl (C=O) groups is 1. The summed E-state index contributed by atoms with van der Waals surface area (Å²) in [6.07, 6.45) is 47.5. The Morgan fingerprint density at radius 2 is 0.967 bits per heavy atom. The number of nitrogens with zero attached hydrogens (tertiary/aromatic N) is 10. The molecule has 0 radical (unpaired) electrons. The van der Waals surface area contributed by atoms with Crippen LogP contribution in [0.25, 0.3) is 0 Å². The second-order valence-corrected chi connectivity index (χ2v) is 16.1. The lowest BCUT2D eigenvalue weighted by atomic mass is 9.90. The topological polar surface area (TPSA) is 73.2 Å². The standard InChI is InChI=1S/C44H73N11O.5ClH/c1-6-10-16-46-21-23-51(36-46)33-42(34-52-24-22-47(37-52)20-14-15-45-35-56)44(55-30-27-50(40-55)19-13-9-4)32-43(54-29-26-49(39-54)18-12-8-3)31-41(5)53-28-25-48(38-53)17-11-7-2;;;;;/h21-30,35-44H,6-20,31-34H2,1-5H3;5*1H/q+4;;;;;/p-4. The summed E-state index contributed by atoms with van der Waals surface area (Å²) in [7, 11) is 0. The smallest absolute Gasteiger partial charge is 0.243 e. The Bertz CT molecular complexity index is 1840. The Morgan fingerprint density at radius 3 is 1.48 bits per heavy atom. The molecule has 1 N–H and O–H groups in total. The minimum Gasteiger partial charge on any atom is -1.00 e. The number of aryl methyl sites for hydroxylation is 5. The van der Waals surface area contributed by atoms with Crippen LogP contribution in [0, 0.1) is 5.92 Å². The number of carbonyl (C=O) groups excluding carboxylic acids is 1. The number of rotatable bonds is 29. The van der Waals surface area contributed by atoms with Crippen LogP contribution >= 0.6 is 0 Å². The molecule has 0 aliphatic rings. The third-order valence-electron chi connectivity index (χ3n) is 11.4. The van der Waals surface area contributed by atoms with Crippen molar-refractivity contribution in [2.45, 2.75) is 169 Å². The Kier molecular flexibility index (Phi) is 30.2. The highest BCUT2D eigenvalue weighted by Crippen LogP contribution is 2.34. The van der Waals surface area contributed by atoms with Crippen LogP contribution in [-0.2, 0) is 50.6 Å². The Morgan fingerprint density at radius 1 is 0.525 bits per heavy atom. The van der Waals surface area contributed by atoms with E-state index in [0.717, 1.165) is 71.5 Å². The molecule has 1 amide bonds. The maximum atomic E-state index is 10.8. The Labute approximate surface area is 397 Å². The molecule has 12 nitrogen and oxygen atoms in total. The van der Waals surface area contributed by atoms with Crippen LogP contribution in [0.1, 0.15) is 123 Å². The number of hydrogen-bond donors (Lipinski definition) is 1. The monoisotopic (exact) mass is 947 g/mol. The van der Waals surface area contributed by atoms with Crippen molar-refractivity contribution < 1.29 is 89.7 Å². The minimum absolute atomic E-state index is 0. The lowest BCUT2D eigenvalue weighted by molar-refractivity contribution is -0.738. The molecular formula is C44H74Cl5N11O. The third-order valence-corrected chi connectivity index (χ3v) is 11.4. The fourth-order valence-electron chi connectivity index (χ4n) is 7.98. The summed E-state index contributed by atoms with van der Waals surface area (Å²) in [4.78, 5) is 10.8. The molecule has 0 aliphatic carbocycles. The summed E-state index contributed by atoms with van der Waals surface area (Å²) >= 11 is 0. The van der Waals surface area contributed by atoms with Gasteiger partial charge in [-0.1, -0.05) is 53.4 Å². The quantitative estimate of drug-likeness (QED) is 0.0289. The Balaban J connectivity index is 0.00000720. The first-order chi connectivity index (χ1) is 27.4. The van der Waals surface area contributed by atoms with Crippen LogP contribution in [0.2, 0.25) is 0 Å². The van der Waals surface area contributed by atoms with Gasteiger partial charge in [-0.15, -0.1) is 0 Å². The van der Waals surface area contributed by atoms with E-state index in [4.69, 9.17) is 0 Å². The van der Waals surface area contributed by atoms with Gasteiger partial charge in [0.1, 0.15) is 93.2 Å². The van der Waals surface area contributed by atoms with Crippen molar-refractivity contribution in [3.63, 3.8) is 0 Å². The third kappa shape index (κ3) is 18.7. The van der Waals surface area contributed by atoms with E-state index in [-0.39, 0.29) is 74.1 Å². The van der Waals surface area contributed by atoms with E-state index in [1.807, 2.05) is 0 Å². The van der Waals surface area contributed by atoms with E-state index < -0.39 is 0 Å². The molecule has 0 aliphatic heterocycles. The average molecular weight is 950 g/mol. The number of unbranched alkanes of at least 4 members (excludes halogenated alkanes) is 4. The molecular weight excluding hydrogens is 876 g/mol. The lowest BCUT2D eigenvalue weighted by Gasteiger charge is -2.26. The van der Waals surface area contributed by atoms with E-state index in [9.17, 15) is 4.79 Å². The maximum absolute atomic E-state index is 10.8. The molecule has 5 rings (SSSR count). The van der Waals surface area contributed by atoms with E-state index in [1.54, 1.807) is 0 Å². The molecule has 5 aromatic heterocycles. The van der Waals surface area contributed by atoms with Gasteiger partial charge in [-0.3, -0.25) is 4.79 Å². The summed E-state index contributed by atoms with van der Waals surface area (Å²) in [5.41, 5.74) is 0. The second-order valence-electron chi connectivity index (χ2n) is 16.1. The van der Waals surface area contributed by atoms with Gasteiger partial charge < -0.3 is 67.4 Å². The van der Waals surface area contributed by atoms with Gasteiger partial charge in [0.15, 0.2) is 0 Å². The van der Waals surface area contributed by atoms with Crippen molar-refractivity contribution in [3.8, 4) is 0 Å². The van der Waals surface area contributed by atoms with Gasteiger partial charge in [0.05, 0.1) is 38.6 Å². The lowest BCUT2D eigenvalue weighted by Crippen LogP contribution is -3.00. The SMILES string of the molecule is CCCCn1cc[n+](CC(C[n+]2ccn(CCCNC=O)c2)C(CC(CC(C)n2cc[n+](CCCC)c2)n2cc[n+](CCCC)c2)n2cc[n+](CCCC)c2)c1.[Cl-].[Cl-].[Cl-].[Cl-].[Cl-]. The van der Waals surface area contributed by atoms with E-state index in [2.05, 4.69) is 179 Å². The van der Waals surface area contributed by atoms with Crippen LogP contribution in [0.4, 0.5) is 0 Å². The van der Waals surface area contributed by atoms with E-state index in [0.29, 0.717) is 18.5 Å². The van der Waals surface area contributed by atoms with Crippen LogP contribution in [-0.4, -0.2) is 35.8 Å². The van der Waals surface area contributed by atoms with Crippen LogP contribution < -0.4 is 90.2 Å².